The van der Waals surface area contributed by atoms with E-state index in [1.165, 1.54) is 0 Å². The maximum atomic E-state index is 10.8. The molecule has 0 saturated heterocycles. The van der Waals surface area contributed by atoms with E-state index < -0.39 is 12.1 Å². The quantitative estimate of drug-likeness (QED) is 0.324. The number of aliphatic hydroxyl groups is 2. The molecule has 2 atom stereocenters. The van der Waals surface area contributed by atoms with E-state index in [0.29, 0.717) is 30.8 Å². The molecule has 1 aromatic carbocycles. The van der Waals surface area contributed by atoms with Crippen LogP contribution in [0.5, 0.6) is 5.75 Å². The van der Waals surface area contributed by atoms with Crippen LogP contribution >= 0.6 is 0 Å². The van der Waals surface area contributed by atoms with Gasteiger partial charge in [-0.1, -0.05) is 67.7 Å². The first kappa shape index (κ1) is 24.4. The number of hydrogen-bond donors (Lipinski definition) is 3. The Morgan fingerprint density at radius 3 is 2.59 bits per heavy atom. The van der Waals surface area contributed by atoms with Gasteiger partial charge in [-0.3, -0.25) is 4.79 Å². The molecule has 0 spiro atoms. The van der Waals surface area contributed by atoms with Crippen molar-refractivity contribution < 1.29 is 24.9 Å². The number of allylic oxidation sites excluding steroid dienone is 5. The summed E-state index contributed by atoms with van der Waals surface area (Å²) in [6, 6.07) is 7.03. The van der Waals surface area contributed by atoms with Crippen LogP contribution in [0.4, 0.5) is 0 Å². The Morgan fingerprint density at radius 1 is 1.14 bits per heavy atom. The third-order valence-electron chi connectivity index (χ3n) is 4.08. The van der Waals surface area contributed by atoms with Gasteiger partial charge in [-0.25, -0.2) is 0 Å². The van der Waals surface area contributed by atoms with E-state index in [2.05, 4.69) is 6.92 Å². The van der Waals surface area contributed by atoms with Gasteiger partial charge >= 0.3 is 5.97 Å². The molecule has 0 bridgehead atoms. The largest absolute Gasteiger partial charge is 0.494 e. The number of rotatable bonds is 14. The average molecular weight is 401 g/mol. The second-order valence-electron chi connectivity index (χ2n) is 6.64. The second-order valence-corrected chi connectivity index (χ2v) is 6.64. The first-order valence-electron chi connectivity index (χ1n) is 9.94. The summed E-state index contributed by atoms with van der Waals surface area (Å²) < 4.78 is 5.67. The fourth-order valence-electron chi connectivity index (χ4n) is 2.52. The van der Waals surface area contributed by atoms with Gasteiger partial charge in [0.25, 0.3) is 0 Å². The van der Waals surface area contributed by atoms with Crippen LogP contribution in [0.2, 0.25) is 0 Å². The Balaban J connectivity index is 2.36. The maximum Gasteiger partial charge on any atom is 0.307 e. The summed E-state index contributed by atoms with van der Waals surface area (Å²) in [7, 11) is 0. The Bertz CT molecular complexity index is 703. The van der Waals surface area contributed by atoms with Gasteiger partial charge in [-0.05, 0) is 37.0 Å². The van der Waals surface area contributed by atoms with Crippen LogP contribution < -0.4 is 4.74 Å². The van der Waals surface area contributed by atoms with Crippen LogP contribution in [-0.2, 0) is 11.2 Å². The molecule has 5 heteroatoms. The van der Waals surface area contributed by atoms with Crippen molar-refractivity contribution in [1.29, 1.82) is 0 Å². The van der Waals surface area contributed by atoms with Gasteiger partial charge in [-0.15, -0.1) is 0 Å². The average Bonchev–Trinajstić information content (AvgIpc) is 2.69. The van der Waals surface area contributed by atoms with E-state index in [1.54, 1.807) is 36.4 Å². The normalized spacial score (nSPS) is 14.3. The number of benzene rings is 1. The molecule has 0 aliphatic heterocycles. The number of carbonyl (C=O) groups is 1. The van der Waals surface area contributed by atoms with Gasteiger partial charge in [0.2, 0.25) is 0 Å². The van der Waals surface area contributed by atoms with Crippen molar-refractivity contribution in [2.75, 3.05) is 13.2 Å². The SMILES string of the molecule is CC/C=C\C[C@H](O)/C=C/C=C\C=C\[C@@H](CO)CCOc1cccc(CC(=O)O)c1. The van der Waals surface area contributed by atoms with E-state index in [9.17, 15) is 15.0 Å². The number of hydrogen-bond acceptors (Lipinski definition) is 4. The molecule has 1 aromatic rings. The lowest BCUT2D eigenvalue weighted by Gasteiger charge is -2.11. The van der Waals surface area contributed by atoms with Crippen LogP contribution in [0.25, 0.3) is 0 Å². The molecule has 1 rings (SSSR count). The van der Waals surface area contributed by atoms with Crippen LogP contribution in [0.1, 0.15) is 31.7 Å². The van der Waals surface area contributed by atoms with Crippen molar-refractivity contribution in [3.05, 3.63) is 78.4 Å². The van der Waals surface area contributed by atoms with Crippen molar-refractivity contribution in [3.63, 3.8) is 0 Å². The number of aliphatic carboxylic acids is 1. The van der Waals surface area contributed by atoms with Gasteiger partial charge in [0.05, 0.1) is 19.1 Å². The molecule has 0 fully saturated rings. The zero-order valence-corrected chi connectivity index (χ0v) is 17.0. The van der Waals surface area contributed by atoms with Crippen LogP contribution in [0, 0.1) is 5.92 Å². The Hall–Kier alpha value is -2.63. The lowest BCUT2D eigenvalue weighted by Crippen LogP contribution is -2.09. The summed E-state index contributed by atoms with van der Waals surface area (Å²) >= 11 is 0. The van der Waals surface area contributed by atoms with E-state index >= 15 is 0 Å². The fraction of sp³-hybridized carbons (Fsp3) is 0.375. The summed E-state index contributed by atoms with van der Waals surface area (Å²) in [5.74, 6) is -0.282. The van der Waals surface area contributed by atoms with Crippen molar-refractivity contribution in [2.24, 2.45) is 5.92 Å². The van der Waals surface area contributed by atoms with E-state index in [-0.39, 0.29) is 18.9 Å². The standard InChI is InChI=1S/C24H32O5/c1-2-3-6-12-22(26)13-8-5-4-7-10-20(19-25)15-16-29-23-14-9-11-21(17-23)18-24(27)28/h3-11,13-14,17,20,22,25-26H,2,12,15-16,18-19H2,1H3,(H,27,28)/b5-4-,6-3-,10-7+,13-8+/t20-,22+/m1/s1. The van der Waals surface area contributed by atoms with Crippen molar-refractivity contribution in [1.82, 2.24) is 0 Å². The molecule has 0 aliphatic rings. The van der Waals surface area contributed by atoms with Gasteiger partial charge in [-0.2, -0.15) is 0 Å². The molecule has 3 N–H and O–H groups in total. The van der Waals surface area contributed by atoms with Gasteiger partial charge < -0.3 is 20.1 Å². The molecular weight excluding hydrogens is 368 g/mol. The molecule has 0 saturated carbocycles. The molecule has 5 nitrogen and oxygen atoms in total. The second kappa shape index (κ2) is 15.3. The minimum absolute atomic E-state index is 0.0189. The molecule has 0 amide bonds. The monoisotopic (exact) mass is 400 g/mol. The van der Waals surface area contributed by atoms with E-state index in [4.69, 9.17) is 9.84 Å². The molecule has 0 radical (unpaired) electrons. The van der Waals surface area contributed by atoms with E-state index in [0.717, 1.165) is 6.42 Å². The Kier molecular flexibility index (Phi) is 12.9. The summed E-state index contributed by atoms with van der Waals surface area (Å²) in [6.45, 7) is 2.50. The van der Waals surface area contributed by atoms with Crippen molar-refractivity contribution >= 4 is 5.97 Å². The highest BCUT2D eigenvalue weighted by molar-refractivity contribution is 5.70. The Morgan fingerprint density at radius 2 is 1.90 bits per heavy atom. The maximum absolute atomic E-state index is 10.8. The number of ether oxygens (including phenoxy) is 1. The fourth-order valence-corrected chi connectivity index (χ4v) is 2.52. The first-order chi connectivity index (χ1) is 14.0. The minimum atomic E-state index is -0.877. The van der Waals surface area contributed by atoms with Crippen molar-refractivity contribution in [2.45, 2.75) is 38.7 Å². The van der Waals surface area contributed by atoms with Gasteiger partial charge in [0, 0.05) is 12.5 Å². The lowest BCUT2D eigenvalue weighted by atomic mass is 10.1. The lowest BCUT2D eigenvalue weighted by molar-refractivity contribution is -0.136. The highest BCUT2D eigenvalue weighted by atomic mass is 16.5. The molecule has 0 aromatic heterocycles. The van der Waals surface area contributed by atoms with Crippen LogP contribution in [0.3, 0.4) is 0 Å². The zero-order valence-electron chi connectivity index (χ0n) is 17.0. The van der Waals surface area contributed by atoms with Crippen LogP contribution in [-0.4, -0.2) is 40.6 Å². The smallest absolute Gasteiger partial charge is 0.307 e. The zero-order chi connectivity index (χ0) is 21.3. The molecule has 29 heavy (non-hydrogen) atoms. The topological polar surface area (TPSA) is 87.0 Å². The molecule has 0 heterocycles. The predicted molar refractivity (Wildman–Crippen MR) is 116 cm³/mol. The molecule has 158 valence electrons. The number of carboxylic acid groups (broad SMARTS) is 1. The number of carboxylic acids is 1. The molecule has 0 unspecified atom stereocenters. The first-order valence-corrected chi connectivity index (χ1v) is 9.94. The minimum Gasteiger partial charge on any atom is -0.494 e. The number of aliphatic hydroxyl groups excluding tert-OH is 2. The van der Waals surface area contributed by atoms with Gasteiger partial charge in [0.1, 0.15) is 5.75 Å². The van der Waals surface area contributed by atoms with Crippen molar-refractivity contribution in [3.8, 4) is 5.75 Å². The highest BCUT2D eigenvalue weighted by Gasteiger charge is 2.05. The predicted octanol–water partition coefficient (Wildman–Crippen LogP) is 4.08. The van der Waals surface area contributed by atoms with Gasteiger partial charge in [0.15, 0.2) is 0 Å². The third kappa shape index (κ3) is 12.4. The summed E-state index contributed by atoms with van der Waals surface area (Å²) in [5, 5.41) is 28.1. The summed E-state index contributed by atoms with van der Waals surface area (Å²) in [6.07, 6.45) is 16.7. The molecular formula is C24H32O5. The third-order valence-corrected chi connectivity index (χ3v) is 4.08. The van der Waals surface area contributed by atoms with Crippen LogP contribution in [0.15, 0.2) is 72.9 Å². The highest BCUT2D eigenvalue weighted by Crippen LogP contribution is 2.15. The Labute approximate surface area is 173 Å². The molecule has 0 aliphatic carbocycles. The van der Waals surface area contributed by atoms with E-state index in [1.807, 2.05) is 36.5 Å². The summed E-state index contributed by atoms with van der Waals surface area (Å²) in [4.78, 5) is 10.8. The summed E-state index contributed by atoms with van der Waals surface area (Å²) in [5.41, 5.74) is 0.693.